The number of carbonyl (C=O) groups excluding carboxylic acids is 1. The Bertz CT molecular complexity index is 770. The van der Waals surface area contributed by atoms with Crippen molar-refractivity contribution in [1.29, 1.82) is 0 Å². The first-order chi connectivity index (χ1) is 9.72. The molecule has 3 nitrogen and oxygen atoms in total. The molecule has 0 atom stereocenters. The number of esters is 1. The van der Waals surface area contributed by atoms with Crippen LogP contribution in [0.5, 0.6) is 0 Å². The number of aromatic nitrogens is 1. The van der Waals surface area contributed by atoms with Gasteiger partial charge >= 0.3 is 5.97 Å². The molecule has 2 heterocycles. The first-order valence-electron chi connectivity index (χ1n) is 6.52. The molecule has 0 saturated heterocycles. The minimum absolute atomic E-state index is 0.245. The fraction of sp³-hybridized carbons (Fsp3) is 0.188. The summed E-state index contributed by atoms with van der Waals surface area (Å²) in [6, 6.07) is 12.1. The van der Waals surface area contributed by atoms with E-state index in [-0.39, 0.29) is 5.97 Å². The first-order valence-corrected chi connectivity index (χ1v) is 7.34. The minimum atomic E-state index is -0.245. The highest BCUT2D eigenvalue weighted by molar-refractivity contribution is 7.21. The Kier molecular flexibility index (Phi) is 3.32. The maximum Gasteiger partial charge on any atom is 0.349 e. The number of carbonyl (C=O) groups is 1. The third kappa shape index (κ3) is 2.02. The second-order valence-electron chi connectivity index (χ2n) is 4.53. The number of aryl methyl sites for hydroxylation is 1. The van der Waals surface area contributed by atoms with E-state index in [9.17, 15) is 4.79 Å². The average Bonchev–Trinajstić information content (AvgIpc) is 3.02. The van der Waals surface area contributed by atoms with Crippen LogP contribution in [0.3, 0.4) is 0 Å². The summed E-state index contributed by atoms with van der Waals surface area (Å²) in [5, 5.41) is 1.10. The van der Waals surface area contributed by atoms with Crippen LogP contribution < -0.4 is 0 Å². The molecule has 102 valence electrons. The van der Waals surface area contributed by atoms with Crippen LogP contribution in [-0.4, -0.2) is 17.1 Å². The molecule has 0 amide bonds. The van der Waals surface area contributed by atoms with Gasteiger partial charge in [0.25, 0.3) is 0 Å². The summed E-state index contributed by atoms with van der Waals surface area (Å²) in [5.41, 5.74) is 2.00. The van der Waals surface area contributed by atoms with Crippen LogP contribution in [0, 0.1) is 0 Å². The molecule has 0 spiro atoms. The van der Waals surface area contributed by atoms with Crippen LogP contribution in [-0.2, 0) is 11.8 Å². The van der Waals surface area contributed by atoms with E-state index >= 15 is 0 Å². The minimum Gasteiger partial charge on any atom is -0.462 e. The zero-order valence-electron chi connectivity index (χ0n) is 11.4. The van der Waals surface area contributed by atoms with Crippen LogP contribution in [0.1, 0.15) is 16.6 Å². The molecule has 0 unspecified atom stereocenters. The van der Waals surface area contributed by atoms with Gasteiger partial charge in [0.05, 0.1) is 12.3 Å². The monoisotopic (exact) mass is 285 g/mol. The predicted octanol–water partition coefficient (Wildman–Crippen LogP) is 4.08. The third-order valence-corrected chi connectivity index (χ3v) is 4.41. The summed E-state index contributed by atoms with van der Waals surface area (Å²) in [4.78, 5) is 12.9. The number of ether oxygens (including phenoxy) is 1. The number of thiophene rings is 1. The van der Waals surface area contributed by atoms with Gasteiger partial charge < -0.3 is 9.30 Å². The summed E-state index contributed by atoms with van der Waals surface area (Å²) in [5.74, 6) is -0.245. The van der Waals surface area contributed by atoms with Gasteiger partial charge in [-0.2, -0.15) is 0 Å². The molecule has 0 aliphatic rings. The molecule has 0 radical (unpaired) electrons. The van der Waals surface area contributed by atoms with Crippen molar-refractivity contribution in [3.63, 3.8) is 0 Å². The SMILES string of the molecule is CCOC(=O)c1sc2ccccc2c1-c1cccn1C. The van der Waals surface area contributed by atoms with Gasteiger partial charge in [-0.1, -0.05) is 18.2 Å². The molecule has 3 rings (SSSR count). The fourth-order valence-corrected chi connectivity index (χ4v) is 3.47. The van der Waals surface area contributed by atoms with E-state index < -0.39 is 0 Å². The Balaban J connectivity index is 2.29. The van der Waals surface area contributed by atoms with Crippen LogP contribution in [0.4, 0.5) is 0 Å². The van der Waals surface area contributed by atoms with Crippen molar-refractivity contribution >= 4 is 27.4 Å². The van der Waals surface area contributed by atoms with Gasteiger partial charge in [0.1, 0.15) is 4.88 Å². The van der Waals surface area contributed by atoms with E-state index in [4.69, 9.17) is 4.74 Å². The van der Waals surface area contributed by atoms with Crippen molar-refractivity contribution in [2.45, 2.75) is 6.92 Å². The molecule has 0 N–H and O–H groups in total. The number of benzene rings is 1. The molecule has 1 aromatic carbocycles. The zero-order valence-corrected chi connectivity index (χ0v) is 12.2. The van der Waals surface area contributed by atoms with Crippen molar-refractivity contribution in [2.75, 3.05) is 6.61 Å². The summed E-state index contributed by atoms with van der Waals surface area (Å²) < 4.78 is 8.33. The maximum absolute atomic E-state index is 12.2. The summed E-state index contributed by atoms with van der Waals surface area (Å²) in [6.45, 7) is 2.22. The lowest BCUT2D eigenvalue weighted by Gasteiger charge is -2.06. The molecule has 0 saturated carbocycles. The molecule has 0 aliphatic heterocycles. The molecular weight excluding hydrogens is 270 g/mol. The smallest absolute Gasteiger partial charge is 0.349 e. The lowest BCUT2D eigenvalue weighted by Crippen LogP contribution is -2.04. The van der Waals surface area contributed by atoms with Crippen molar-refractivity contribution in [3.8, 4) is 11.3 Å². The Hall–Kier alpha value is -2.07. The largest absolute Gasteiger partial charge is 0.462 e. The van der Waals surface area contributed by atoms with Crippen molar-refractivity contribution < 1.29 is 9.53 Å². The molecule has 2 aromatic heterocycles. The normalized spacial score (nSPS) is 10.9. The van der Waals surface area contributed by atoms with E-state index in [0.29, 0.717) is 11.5 Å². The molecule has 4 heteroatoms. The Labute approximate surface area is 121 Å². The fourth-order valence-electron chi connectivity index (χ4n) is 2.36. The van der Waals surface area contributed by atoms with E-state index in [0.717, 1.165) is 21.3 Å². The summed E-state index contributed by atoms with van der Waals surface area (Å²) in [6.07, 6.45) is 1.98. The highest BCUT2D eigenvalue weighted by Crippen LogP contribution is 2.39. The van der Waals surface area contributed by atoms with Gasteiger partial charge in [-0.05, 0) is 25.1 Å². The van der Waals surface area contributed by atoms with Gasteiger partial charge in [0, 0.05) is 28.9 Å². The Morgan fingerprint density at radius 3 is 2.75 bits per heavy atom. The number of fused-ring (bicyclic) bond motifs is 1. The van der Waals surface area contributed by atoms with E-state index in [2.05, 4.69) is 6.07 Å². The van der Waals surface area contributed by atoms with Gasteiger partial charge in [-0.25, -0.2) is 4.79 Å². The van der Waals surface area contributed by atoms with Gasteiger partial charge in [-0.3, -0.25) is 0 Å². The predicted molar refractivity (Wildman–Crippen MR) is 82.2 cm³/mol. The van der Waals surface area contributed by atoms with Crippen molar-refractivity contribution in [3.05, 3.63) is 47.5 Å². The highest BCUT2D eigenvalue weighted by atomic mass is 32.1. The number of nitrogens with zero attached hydrogens (tertiary/aromatic N) is 1. The molecule has 0 aliphatic carbocycles. The summed E-state index contributed by atoms with van der Waals surface area (Å²) in [7, 11) is 1.98. The van der Waals surface area contributed by atoms with E-state index in [1.165, 1.54) is 11.3 Å². The molecule has 3 aromatic rings. The zero-order chi connectivity index (χ0) is 14.1. The highest BCUT2D eigenvalue weighted by Gasteiger charge is 2.21. The van der Waals surface area contributed by atoms with Crippen LogP contribution in [0.15, 0.2) is 42.6 Å². The average molecular weight is 285 g/mol. The van der Waals surface area contributed by atoms with Crippen LogP contribution >= 0.6 is 11.3 Å². The van der Waals surface area contributed by atoms with Crippen LogP contribution in [0.25, 0.3) is 21.3 Å². The van der Waals surface area contributed by atoms with Gasteiger partial charge in [0.15, 0.2) is 0 Å². The third-order valence-electron chi connectivity index (χ3n) is 3.26. The maximum atomic E-state index is 12.2. The Morgan fingerprint density at radius 2 is 2.05 bits per heavy atom. The van der Waals surface area contributed by atoms with Gasteiger partial charge in [-0.15, -0.1) is 11.3 Å². The molecule has 0 bridgehead atoms. The van der Waals surface area contributed by atoms with Crippen LogP contribution in [0.2, 0.25) is 0 Å². The van der Waals surface area contributed by atoms with Gasteiger partial charge in [0.2, 0.25) is 0 Å². The standard InChI is InChI=1S/C16H15NO2S/c1-3-19-16(18)15-14(12-8-6-10-17(12)2)11-7-4-5-9-13(11)20-15/h4-10H,3H2,1-2H3. The van der Waals surface area contributed by atoms with Crippen molar-refractivity contribution in [1.82, 2.24) is 4.57 Å². The number of rotatable bonds is 3. The summed E-state index contributed by atoms with van der Waals surface area (Å²) >= 11 is 1.49. The van der Waals surface area contributed by atoms with E-state index in [1.54, 1.807) is 0 Å². The molecular formula is C16H15NO2S. The quantitative estimate of drug-likeness (QED) is 0.679. The second-order valence-corrected chi connectivity index (χ2v) is 5.58. The Morgan fingerprint density at radius 1 is 1.25 bits per heavy atom. The van der Waals surface area contributed by atoms with E-state index in [1.807, 2.05) is 55.1 Å². The topological polar surface area (TPSA) is 31.2 Å². The number of hydrogen-bond donors (Lipinski definition) is 0. The number of hydrogen-bond acceptors (Lipinski definition) is 3. The lowest BCUT2D eigenvalue weighted by molar-refractivity contribution is 0.0533. The molecule has 0 fully saturated rings. The second kappa shape index (κ2) is 5.13. The van der Waals surface area contributed by atoms with Crippen molar-refractivity contribution in [2.24, 2.45) is 7.05 Å². The first kappa shape index (κ1) is 12.9. The lowest BCUT2D eigenvalue weighted by atomic mass is 10.1. The molecule has 20 heavy (non-hydrogen) atoms.